The highest BCUT2D eigenvalue weighted by Gasteiger charge is 1.96. The van der Waals surface area contributed by atoms with Gasteiger partial charge in [0.05, 0.1) is 5.29 Å². The van der Waals surface area contributed by atoms with Gasteiger partial charge < -0.3 is 0 Å². The van der Waals surface area contributed by atoms with Crippen LogP contribution in [0.1, 0.15) is 0 Å². The summed E-state index contributed by atoms with van der Waals surface area (Å²) < 4.78 is 0. The van der Waals surface area contributed by atoms with Gasteiger partial charge in [-0.2, -0.15) is 0 Å². The van der Waals surface area contributed by atoms with Crippen molar-refractivity contribution in [2.75, 3.05) is 5.43 Å². The molecule has 0 bridgehead atoms. The predicted octanol–water partition coefficient (Wildman–Crippen LogP) is 1.72. The molecule has 5 heteroatoms. The van der Waals surface area contributed by atoms with E-state index in [0.29, 0.717) is 11.5 Å². The summed E-state index contributed by atoms with van der Waals surface area (Å²) in [5.74, 6) is 0.404. The van der Waals surface area contributed by atoms with E-state index in [2.05, 4.69) is 20.7 Å². The molecule has 0 aromatic carbocycles. The lowest BCUT2D eigenvalue weighted by molar-refractivity contribution is 1.21. The first kappa shape index (κ1) is 7.60. The van der Waals surface area contributed by atoms with Crippen molar-refractivity contribution < 1.29 is 0 Å². The largest absolute Gasteiger partial charge is 0.237 e. The maximum Gasteiger partial charge on any atom is 0.161 e. The maximum absolute atomic E-state index is 9.89. The van der Waals surface area contributed by atoms with Crippen LogP contribution in [0.3, 0.4) is 0 Å². The molecule has 0 saturated heterocycles. The average molecular weight is 174 g/mol. The van der Waals surface area contributed by atoms with Crippen LogP contribution in [0.25, 0.3) is 11.0 Å². The number of rotatable bonds is 2. The maximum atomic E-state index is 9.89. The fourth-order valence-corrected chi connectivity index (χ4v) is 1.06. The summed E-state index contributed by atoms with van der Waals surface area (Å²) >= 11 is 0. The monoisotopic (exact) mass is 174 g/mol. The Morgan fingerprint density at radius 3 is 3.08 bits per heavy atom. The van der Waals surface area contributed by atoms with Crippen LogP contribution in [0, 0.1) is 4.91 Å². The summed E-state index contributed by atoms with van der Waals surface area (Å²) in [5.41, 5.74) is 2.81. The van der Waals surface area contributed by atoms with Gasteiger partial charge in [-0.1, -0.05) is 0 Å². The Labute approximate surface area is 73.8 Å². The van der Waals surface area contributed by atoms with Crippen molar-refractivity contribution >= 4 is 16.9 Å². The smallest absolute Gasteiger partial charge is 0.161 e. The van der Waals surface area contributed by atoms with Crippen LogP contribution in [0.5, 0.6) is 0 Å². The Morgan fingerprint density at radius 1 is 1.31 bits per heavy atom. The molecule has 64 valence electrons. The molecule has 0 amide bonds. The van der Waals surface area contributed by atoms with Crippen LogP contribution in [-0.4, -0.2) is 9.97 Å². The summed E-state index contributed by atoms with van der Waals surface area (Å²) in [5, 5.41) is 3.45. The van der Waals surface area contributed by atoms with E-state index in [-0.39, 0.29) is 0 Å². The summed E-state index contributed by atoms with van der Waals surface area (Å²) in [6.07, 6.45) is 1.65. The van der Waals surface area contributed by atoms with Crippen molar-refractivity contribution in [3.05, 3.63) is 35.4 Å². The van der Waals surface area contributed by atoms with E-state index < -0.39 is 0 Å². The first-order valence-corrected chi connectivity index (χ1v) is 3.70. The molecule has 5 nitrogen and oxygen atoms in total. The first-order valence-electron chi connectivity index (χ1n) is 3.70. The zero-order chi connectivity index (χ0) is 9.10. The Bertz CT molecular complexity index is 443. The van der Waals surface area contributed by atoms with Gasteiger partial charge in [-0.3, -0.25) is 0 Å². The molecule has 2 aromatic heterocycles. The number of pyridine rings is 2. The van der Waals surface area contributed by atoms with E-state index >= 15 is 0 Å². The Hall–Kier alpha value is -2.04. The molecule has 0 aliphatic carbocycles. The Balaban J connectivity index is 2.55. The predicted molar refractivity (Wildman–Crippen MR) is 49.0 cm³/mol. The van der Waals surface area contributed by atoms with Crippen LogP contribution in [0.4, 0.5) is 5.82 Å². The number of fused-ring (bicyclic) bond motifs is 1. The van der Waals surface area contributed by atoms with Crippen LogP contribution in [0.15, 0.2) is 35.7 Å². The third-order valence-corrected chi connectivity index (χ3v) is 1.62. The summed E-state index contributed by atoms with van der Waals surface area (Å²) in [6, 6.07) is 7.22. The van der Waals surface area contributed by atoms with Crippen molar-refractivity contribution in [2.45, 2.75) is 0 Å². The van der Waals surface area contributed by atoms with Crippen molar-refractivity contribution in [3.8, 4) is 0 Å². The number of nitrogens with one attached hydrogen (secondary N) is 1. The highest BCUT2D eigenvalue weighted by atomic mass is 16.3. The second-order valence-electron chi connectivity index (χ2n) is 2.45. The molecule has 0 spiro atoms. The molecule has 0 unspecified atom stereocenters. The Morgan fingerprint density at radius 2 is 2.23 bits per heavy atom. The zero-order valence-electron chi connectivity index (χ0n) is 6.64. The van der Waals surface area contributed by atoms with Gasteiger partial charge in [-0.05, 0) is 24.3 Å². The summed E-state index contributed by atoms with van der Waals surface area (Å²) in [7, 11) is 0. The molecular formula is C8H6N4O. The van der Waals surface area contributed by atoms with Crippen molar-refractivity contribution in [3.63, 3.8) is 0 Å². The van der Waals surface area contributed by atoms with Crippen molar-refractivity contribution in [2.24, 2.45) is 5.29 Å². The topological polar surface area (TPSA) is 67.2 Å². The quantitative estimate of drug-likeness (QED) is 0.556. The van der Waals surface area contributed by atoms with Crippen LogP contribution in [0.2, 0.25) is 0 Å². The van der Waals surface area contributed by atoms with Gasteiger partial charge in [0.25, 0.3) is 0 Å². The number of nitroso groups, excluding NO2 is 1. The highest BCUT2D eigenvalue weighted by molar-refractivity contribution is 5.75. The molecular weight excluding hydrogens is 168 g/mol. The number of aromatic nitrogens is 2. The molecule has 2 heterocycles. The third-order valence-electron chi connectivity index (χ3n) is 1.62. The SMILES string of the molecule is O=NNc1ccc2cccnc2n1. The van der Waals surface area contributed by atoms with Gasteiger partial charge in [-0.15, -0.1) is 4.91 Å². The lowest BCUT2D eigenvalue weighted by Crippen LogP contribution is -1.91. The third kappa shape index (κ3) is 1.44. The van der Waals surface area contributed by atoms with Crippen molar-refractivity contribution in [1.29, 1.82) is 0 Å². The summed E-state index contributed by atoms with van der Waals surface area (Å²) in [6.45, 7) is 0. The van der Waals surface area contributed by atoms with Gasteiger partial charge in [-0.25, -0.2) is 15.4 Å². The molecule has 0 fully saturated rings. The van der Waals surface area contributed by atoms with Gasteiger partial charge in [0, 0.05) is 11.6 Å². The van der Waals surface area contributed by atoms with Crippen LogP contribution in [-0.2, 0) is 0 Å². The highest BCUT2D eigenvalue weighted by Crippen LogP contribution is 2.11. The normalized spacial score (nSPS) is 9.85. The van der Waals surface area contributed by atoms with E-state index in [1.807, 2.05) is 18.2 Å². The second-order valence-corrected chi connectivity index (χ2v) is 2.45. The van der Waals surface area contributed by atoms with Gasteiger partial charge >= 0.3 is 0 Å². The second kappa shape index (κ2) is 3.14. The number of hydrogen-bond acceptors (Lipinski definition) is 4. The van der Waals surface area contributed by atoms with Crippen LogP contribution < -0.4 is 5.43 Å². The minimum absolute atomic E-state index is 0.404. The van der Waals surface area contributed by atoms with E-state index in [4.69, 9.17) is 0 Å². The first-order chi connectivity index (χ1) is 6.40. The minimum atomic E-state index is 0.404. The fraction of sp³-hybridized carbons (Fsp3) is 0. The average Bonchev–Trinajstić information content (AvgIpc) is 2.18. The molecule has 13 heavy (non-hydrogen) atoms. The minimum Gasteiger partial charge on any atom is -0.237 e. The standard InChI is InChI=1S/C8H6N4O/c13-12-11-7-4-3-6-2-1-5-9-8(6)10-7/h1-5H,(H,9,10,11,13). The van der Waals surface area contributed by atoms with E-state index in [0.717, 1.165) is 5.39 Å². The molecule has 2 rings (SSSR count). The molecule has 0 radical (unpaired) electrons. The number of nitrogens with zero attached hydrogens (tertiary/aromatic N) is 3. The molecule has 0 aliphatic rings. The van der Waals surface area contributed by atoms with E-state index in [1.165, 1.54) is 0 Å². The Kier molecular flexibility index (Phi) is 1.84. The number of anilines is 1. The van der Waals surface area contributed by atoms with E-state index in [1.54, 1.807) is 12.3 Å². The molecule has 2 aromatic rings. The fourth-order valence-electron chi connectivity index (χ4n) is 1.06. The molecule has 0 atom stereocenters. The van der Waals surface area contributed by atoms with Gasteiger partial charge in [0.1, 0.15) is 0 Å². The summed E-state index contributed by atoms with van der Waals surface area (Å²) in [4.78, 5) is 18.0. The lowest BCUT2D eigenvalue weighted by Gasteiger charge is -1.97. The van der Waals surface area contributed by atoms with Gasteiger partial charge in [0.15, 0.2) is 11.5 Å². The van der Waals surface area contributed by atoms with Crippen LogP contribution >= 0.6 is 0 Å². The molecule has 0 saturated carbocycles. The number of hydrogen-bond donors (Lipinski definition) is 1. The van der Waals surface area contributed by atoms with Gasteiger partial charge in [0.2, 0.25) is 0 Å². The zero-order valence-corrected chi connectivity index (χ0v) is 6.64. The van der Waals surface area contributed by atoms with Crippen molar-refractivity contribution in [1.82, 2.24) is 9.97 Å². The molecule has 1 N–H and O–H groups in total. The molecule has 0 aliphatic heterocycles. The lowest BCUT2D eigenvalue weighted by atomic mass is 10.3. The van der Waals surface area contributed by atoms with E-state index in [9.17, 15) is 4.91 Å².